The zero-order valence-electron chi connectivity index (χ0n) is 15.8. The molecular formula is C20H22F3N3O2S. The van der Waals surface area contributed by atoms with Crippen molar-refractivity contribution >= 4 is 28.5 Å². The molecule has 1 amide bonds. The van der Waals surface area contributed by atoms with E-state index in [0.29, 0.717) is 45.0 Å². The average Bonchev–Trinajstić information content (AvgIpc) is 3.07. The Morgan fingerprint density at radius 1 is 1.14 bits per heavy atom. The van der Waals surface area contributed by atoms with Crippen molar-refractivity contribution in [3.8, 4) is 0 Å². The number of piperidine rings is 1. The quantitative estimate of drug-likeness (QED) is 0.745. The number of thioether (sulfide) groups is 1. The topological polar surface area (TPSA) is 43.9 Å². The van der Waals surface area contributed by atoms with Gasteiger partial charge in [0.15, 0.2) is 0 Å². The third-order valence-electron chi connectivity index (χ3n) is 5.62. The van der Waals surface area contributed by atoms with Gasteiger partial charge in [-0.25, -0.2) is 0 Å². The van der Waals surface area contributed by atoms with Gasteiger partial charge in [0.25, 0.3) is 0 Å². The fourth-order valence-corrected chi connectivity index (χ4v) is 5.06. The van der Waals surface area contributed by atoms with E-state index in [1.54, 1.807) is 17.0 Å². The van der Waals surface area contributed by atoms with Gasteiger partial charge < -0.3 is 9.80 Å². The molecule has 3 heterocycles. The predicted octanol–water partition coefficient (Wildman–Crippen LogP) is 2.63. The Morgan fingerprint density at radius 2 is 1.90 bits per heavy atom. The molecule has 1 unspecified atom stereocenters. The molecule has 9 heteroatoms. The van der Waals surface area contributed by atoms with Crippen LogP contribution in [0.25, 0.3) is 0 Å². The maximum absolute atomic E-state index is 12.9. The number of anilines is 1. The van der Waals surface area contributed by atoms with E-state index in [2.05, 4.69) is 4.90 Å². The van der Waals surface area contributed by atoms with E-state index >= 15 is 0 Å². The summed E-state index contributed by atoms with van der Waals surface area (Å²) in [7, 11) is 0. The molecular weight excluding hydrogens is 403 g/mol. The van der Waals surface area contributed by atoms with Crippen LogP contribution in [0.3, 0.4) is 0 Å². The second-order valence-electron chi connectivity index (χ2n) is 7.56. The summed E-state index contributed by atoms with van der Waals surface area (Å²) in [4.78, 5) is 29.9. The van der Waals surface area contributed by atoms with Gasteiger partial charge in [0.1, 0.15) is 0 Å². The molecule has 1 aromatic carbocycles. The van der Waals surface area contributed by atoms with Gasteiger partial charge in [-0.05, 0) is 36.3 Å². The van der Waals surface area contributed by atoms with Crippen LogP contribution in [0.5, 0.6) is 0 Å². The minimum absolute atomic E-state index is 0.0321. The van der Waals surface area contributed by atoms with E-state index in [-0.39, 0.29) is 16.3 Å². The first-order valence-corrected chi connectivity index (χ1v) is 10.5. The Kier molecular flexibility index (Phi) is 5.61. The highest BCUT2D eigenvalue weighted by molar-refractivity contribution is 8.15. The summed E-state index contributed by atoms with van der Waals surface area (Å²) in [6.45, 7) is 3.74. The molecule has 2 fully saturated rings. The number of nitrogens with zero attached hydrogens (tertiary/aromatic N) is 3. The molecule has 0 aromatic heterocycles. The zero-order valence-corrected chi connectivity index (χ0v) is 16.6. The predicted molar refractivity (Wildman–Crippen MR) is 106 cm³/mol. The molecule has 3 aliphatic rings. The maximum atomic E-state index is 12.9. The van der Waals surface area contributed by atoms with Crippen molar-refractivity contribution in [3.63, 3.8) is 0 Å². The van der Waals surface area contributed by atoms with E-state index < -0.39 is 11.7 Å². The molecule has 0 radical (unpaired) electrons. The van der Waals surface area contributed by atoms with Gasteiger partial charge in [0.05, 0.1) is 12.1 Å². The van der Waals surface area contributed by atoms with Gasteiger partial charge in [-0.15, -0.1) is 0 Å². The van der Waals surface area contributed by atoms with Crippen LogP contribution in [0.1, 0.15) is 12.0 Å². The number of hydrogen-bond acceptors (Lipinski definition) is 5. The van der Waals surface area contributed by atoms with E-state index in [1.807, 2.05) is 4.90 Å². The molecule has 1 atom stereocenters. The zero-order chi connectivity index (χ0) is 20.6. The molecule has 5 nitrogen and oxygen atoms in total. The molecule has 3 aliphatic heterocycles. The Morgan fingerprint density at radius 3 is 2.62 bits per heavy atom. The number of amides is 1. The largest absolute Gasteiger partial charge is 0.416 e. The second kappa shape index (κ2) is 8.02. The van der Waals surface area contributed by atoms with Gasteiger partial charge in [0, 0.05) is 50.2 Å². The van der Waals surface area contributed by atoms with Crippen molar-refractivity contribution in [2.24, 2.45) is 0 Å². The number of rotatable bonds is 3. The van der Waals surface area contributed by atoms with Gasteiger partial charge in [-0.1, -0.05) is 17.8 Å². The highest BCUT2D eigenvalue weighted by atomic mass is 32.2. The van der Waals surface area contributed by atoms with E-state index in [0.717, 1.165) is 30.7 Å². The Hall–Kier alpha value is -2.00. The van der Waals surface area contributed by atoms with Crippen LogP contribution >= 0.6 is 11.8 Å². The fourth-order valence-electron chi connectivity index (χ4n) is 4.04. The third-order valence-corrected chi connectivity index (χ3v) is 6.79. The molecule has 156 valence electrons. The third kappa shape index (κ3) is 4.61. The van der Waals surface area contributed by atoms with E-state index in [9.17, 15) is 22.8 Å². The Labute approximate surface area is 171 Å². The summed E-state index contributed by atoms with van der Waals surface area (Å²) in [5, 5.41) is 0.369. The van der Waals surface area contributed by atoms with Crippen LogP contribution in [0.15, 0.2) is 35.9 Å². The summed E-state index contributed by atoms with van der Waals surface area (Å²) in [6.07, 6.45) is -1.79. The summed E-state index contributed by atoms with van der Waals surface area (Å²) in [5.74, 6) is 0.0321. The van der Waals surface area contributed by atoms with Gasteiger partial charge >= 0.3 is 6.18 Å². The molecule has 29 heavy (non-hydrogen) atoms. The molecule has 0 spiro atoms. The van der Waals surface area contributed by atoms with Crippen LogP contribution in [0, 0.1) is 0 Å². The lowest BCUT2D eigenvalue weighted by Gasteiger charge is -2.38. The Bertz CT molecular complexity index is 835. The van der Waals surface area contributed by atoms with Crippen LogP contribution in [0.2, 0.25) is 0 Å². The minimum Gasteiger partial charge on any atom is -0.368 e. The molecule has 2 saturated heterocycles. The number of halogens is 3. The molecule has 0 saturated carbocycles. The molecule has 4 rings (SSSR count). The summed E-state index contributed by atoms with van der Waals surface area (Å²) in [5.41, 5.74) is 0.979. The molecule has 1 aromatic rings. The highest BCUT2D eigenvalue weighted by Crippen LogP contribution is 2.34. The first-order valence-electron chi connectivity index (χ1n) is 9.63. The second-order valence-corrected chi connectivity index (χ2v) is 8.77. The lowest BCUT2D eigenvalue weighted by Crippen LogP contribution is -2.52. The highest BCUT2D eigenvalue weighted by Gasteiger charge is 2.33. The summed E-state index contributed by atoms with van der Waals surface area (Å²) in [6, 6.07) is 5.32. The SMILES string of the molecule is O=C1C=C2CN(CC(=O)N3CCN(c4cccc(C(F)(F)F)c4)CC3)CCC2S1. The number of alkyl halides is 3. The molecule has 0 N–H and O–H groups in total. The number of likely N-dealkylation sites (tertiary alicyclic amines) is 1. The van der Waals surface area contributed by atoms with Crippen molar-refractivity contribution in [1.82, 2.24) is 9.80 Å². The number of carbonyl (C=O) groups excluding carboxylic acids is 2. The lowest BCUT2D eigenvalue weighted by atomic mass is 10.0. The number of hydrogen-bond donors (Lipinski definition) is 0. The van der Waals surface area contributed by atoms with Crippen molar-refractivity contribution in [3.05, 3.63) is 41.5 Å². The molecule has 0 bridgehead atoms. The van der Waals surface area contributed by atoms with Gasteiger partial charge in [0.2, 0.25) is 11.0 Å². The lowest BCUT2D eigenvalue weighted by molar-refractivity contribution is -0.137. The average molecular weight is 425 g/mol. The van der Waals surface area contributed by atoms with Crippen molar-refractivity contribution in [2.75, 3.05) is 50.7 Å². The van der Waals surface area contributed by atoms with Crippen molar-refractivity contribution in [2.45, 2.75) is 17.8 Å². The van der Waals surface area contributed by atoms with E-state index in [1.165, 1.54) is 17.8 Å². The number of benzene rings is 1. The first-order chi connectivity index (χ1) is 13.8. The van der Waals surface area contributed by atoms with E-state index in [4.69, 9.17) is 0 Å². The fraction of sp³-hybridized carbons (Fsp3) is 0.500. The first kappa shape index (κ1) is 20.3. The van der Waals surface area contributed by atoms with Gasteiger partial charge in [-0.3, -0.25) is 14.5 Å². The van der Waals surface area contributed by atoms with Crippen LogP contribution in [0.4, 0.5) is 18.9 Å². The number of piperazine rings is 1. The van der Waals surface area contributed by atoms with Crippen molar-refractivity contribution in [1.29, 1.82) is 0 Å². The number of fused-ring (bicyclic) bond motifs is 1. The normalized spacial score (nSPS) is 23.2. The van der Waals surface area contributed by atoms with Crippen LogP contribution in [-0.4, -0.2) is 71.9 Å². The standard InChI is InChI=1S/C20H22F3N3O2S/c21-20(22,23)15-2-1-3-16(11-15)25-6-8-26(9-7-25)18(27)13-24-5-4-17-14(12-24)10-19(28)29-17/h1-3,10-11,17H,4-9,12-13H2. The Balaban J connectivity index is 1.30. The molecule has 0 aliphatic carbocycles. The summed E-state index contributed by atoms with van der Waals surface area (Å²) >= 11 is 1.37. The van der Waals surface area contributed by atoms with Crippen LogP contribution in [-0.2, 0) is 15.8 Å². The maximum Gasteiger partial charge on any atom is 0.416 e. The van der Waals surface area contributed by atoms with Crippen molar-refractivity contribution < 1.29 is 22.8 Å². The number of carbonyl (C=O) groups is 2. The van der Waals surface area contributed by atoms with Crippen LogP contribution < -0.4 is 4.90 Å². The monoisotopic (exact) mass is 425 g/mol. The smallest absolute Gasteiger partial charge is 0.368 e. The minimum atomic E-state index is -4.36. The summed E-state index contributed by atoms with van der Waals surface area (Å²) < 4.78 is 38.8. The van der Waals surface area contributed by atoms with Gasteiger partial charge in [-0.2, -0.15) is 13.2 Å².